The molecular formula is C20H17ClN4OS. The Morgan fingerprint density at radius 2 is 1.93 bits per heavy atom. The summed E-state index contributed by atoms with van der Waals surface area (Å²) in [6.45, 7) is 0.519. The number of hydrogen-bond acceptors (Lipinski definition) is 4. The van der Waals surface area contributed by atoms with Crippen LogP contribution in [0.5, 0.6) is 0 Å². The van der Waals surface area contributed by atoms with Crippen LogP contribution in [0.15, 0.2) is 65.7 Å². The van der Waals surface area contributed by atoms with Gasteiger partial charge in [0.2, 0.25) is 5.91 Å². The summed E-state index contributed by atoms with van der Waals surface area (Å²) in [4.78, 5) is 13.2. The largest absolute Gasteiger partial charge is 0.355 e. The molecule has 2 heterocycles. The Morgan fingerprint density at radius 1 is 1.07 bits per heavy atom. The molecule has 4 rings (SSSR count). The molecule has 0 aliphatic carbocycles. The summed E-state index contributed by atoms with van der Waals surface area (Å²) < 4.78 is 1.93. The van der Waals surface area contributed by atoms with Crippen molar-refractivity contribution in [2.24, 2.45) is 0 Å². The Morgan fingerprint density at radius 3 is 2.81 bits per heavy atom. The van der Waals surface area contributed by atoms with Crippen LogP contribution in [-0.2, 0) is 11.2 Å². The van der Waals surface area contributed by atoms with Gasteiger partial charge in [-0.2, -0.15) is 0 Å². The Bertz CT molecular complexity index is 1110. The summed E-state index contributed by atoms with van der Waals surface area (Å²) in [5, 5.41) is 14.0. The maximum absolute atomic E-state index is 12.2. The smallest absolute Gasteiger partial charge is 0.230 e. The van der Waals surface area contributed by atoms with Gasteiger partial charge in [0.05, 0.1) is 5.75 Å². The first-order valence-corrected chi connectivity index (χ1v) is 9.94. The van der Waals surface area contributed by atoms with E-state index in [0.29, 0.717) is 23.7 Å². The van der Waals surface area contributed by atoms with Gasteiger partial charge in [-0.05, 0) is 29.7 Å². The van der Waals surface area contributed by atoms with E-state index in [4.69, 9.17) is 11.6 Å². The molecule has 0 atom stereocenters. The molecule has 136 valence electrons. The molecule has 0 radical (unpaired) electrons. The number of thioether (sulfide) groups is 1. The van der Waals surface area contributed by atoms with Crippen molar-refractivity contribution in [1.29, 1.82) is 0 Å². The lowest BCUT2D eigenvalue weighted by atomic mass is 10.1. The second-order valence-electron chi connectivity index (χ2n) is 6.03. The van der Waals surface area contributed by atoms with Crippen molar-refractivity contribution in [3.8, 4) is 0 Å². The predicted octanol–water partition coefficient (Wildman–Crippen LogP) is 3.99. The van der Waals surface area contributed by atoms with Crippen LogP contribution in [-0.4, -0.2) is 32.8 Å². The number of nitrogens with one attached hydrogen (secondary N) is 1. The molecule has 0 fully saturated rings. The van der Waals surface area contributed by atoms with Crippen LogP contribution in [0.3, 0.4) is 0 Å². The summed E-state index contributed by atoms with van der Waals surface area (Å²) in [5.41, 5.74) is 0.808. The van der Waals surface area contributed by atoms with Crippen molar-refractivity contribution in [3.63, 3.8) is 0 Å². The highest BCUT2D eigenvalue weighted by Gasteiger charge is 2.09. The van der Waals surface area contributed by atoms with E-state index in [1.54, 1.807) is 0 Å². The van der Waals surface area contributed by atoms with Crippen LogP contribution in [0, 0.1) is 0 Å². The van der Waals surface area contributed by atoms with Gasteiger partial charge in [0.15, 0.2) is 5.65 Å². The summed E-state index contributed by atoms with van der Waals surface area (Å²) in [5.74, 6) is 1.16. The van der Waals surface area contributed by atoms with E-state index in [1.165, 1.54) is 11.8 Å². The number of amides is 1. The van der Waals surface area contributed by atoms with E-state index in [-0.39, 0.29) is 5.91 Å². The molecule has 2 aromatic carbocycles. The minimum Gasteiger partial charge on any atom is -0.355 e. The molecule has 0 saturated heterocycles. The number of rotatable bonds is 6. The number of hydrogen-bond donors (Lipinski definition) is 1. The first kappa shape index (κ1) is 17.8. The lowest BCUT2D eigenvalue weighted by Gasteiger charge is -2.08. The van der Waals surface area contributed by atoms with Gasteiger partial charge in [-0.3, -0.25) is 9.20 Å². The van der Waals surface area contributed by atoms with Crippen molar-refractivity contribution in [1.82, 2.24) is 19.9 Å². The fraction of sp³-hybridized carbons (Fsp3) is 0.150. The second kappa shape index (κ2) is 7.98. The average molecular weight is 397 g/mol. The maximum atomic E-state index is 12.2. The Balaban J connectivity index is 1.34. The van der Waals surface area contributed by atoms with Gasteiger partial charge in [-0.15, -0.1) is 22.0 Å². The van der Waals surface area contributed by atoms with E-state index in [2.05, 4.69) is 15.5 Å². The molecule has 2 aromatic heterocycles. The number of pyridine rings is 1. The van der Waals surface area contributed by atoms with Crippen LogP contribution in [0.25, 0.3) is 16.4 Å². The molecule has 1 amide bonds. The molecule has 0 saturated carbocycles. The van der Waals surface area contributed by atoms with Crippen LogP contribution in [0.2, 0.25) is 5.02 Å². The average Bonchev–Trinajstić information content (AvgIpc) is 3.10. The third-order valence-corrected chi connectivity index (χ3v) is 5.60. The molecule has 0 spiro atoms. The van der Waals surface area contributed by atoms with E-state index < -0.39 is 0 Å². The van der Waals surface area contributed by atoms with E-state index in [0.717, 1.165) is 27.1 Å². The highest BCUT2D eigenvalue weighted by Crippen LogP contribution is 2.33. The van der Waals surface area contributed by atoms with Crippen LogP contribution < -0.4 is 5.32 Å². The van der Waals surface area contributed by atoms with Gasteiger partial charge >= 0.3 is 0 Å². The third-order valence-electron chi connectivity index (χ3n) is 4.23. The van der Waals surface area contributed by atoms with Crippen LogP contribution in [0.1, 0.15) is 5.82 Å². The van der Waals surface area contributed by atoms with E-state index in [9.17, 15) is 4.79 Å². The molecule has 1 N–H and O–H groups in total. The first-order valence-electron chi connectivity index (χ1n) is 8.58. The molecule has 0 aliphatic heterocycles. The minimum absolute atomic E-state index is 0.0159. The molecule has 0 unspecified atom stereocenters. The van der Waals surface area contributed by atoms with Crippen molar-refractivity contribution in [2.45, 2.75) is 11.3 Å². The molecular weight excluding hydrogens is 380 g/mol. The van der Waals surface area contributed by atoms with Gasteiger partial charge < -0.3 is 5.32 Å². The summed E-state index contributed by atoms with van der Waals surface area (Å²) in [6.07, 6.45) is 2.55. The second-order valence-corrected chi connectivity index (χ2v) is 7.45. The molecule has 5 nitrogen and oxygen atoms in total. The Hall–Kier alpha value is -2.57. The van der Waals surface area contributed by atoms with Crippen molar-refractivity contribution < 1.29 is 4.79 Å². The lowest BCUT2D eigenvalue weighted by molar-refractivity contribution is -0.118. The molecule has 0 aliphatic rings. The van der Waals surface area contributed by atoms with Crippen molar-refractivity contribution >= 4 is 45.7 Å². The SMILES string of the molecule is O=C(CSc1cccc2cccc(Cl)c12)NCCc1nnc2ccccn12. The zero-order chi connectivity index (χ0) is 18.6. The topological polar surface area (TPSA) is 59.3 Å². The Labute approximate surface area is 165 Å². The monoisotopic (exact) mass is 396 g/mol. The lowest BCUT2D eigenvalue weighted by Crippen LogP contribution is -2.27. The highest BCUT2D eigenvalue weighted by molar-refractivity contribution is 8.00. The number of halogens is 1. The zero-order valence-electron chi connectivity index (χ0n) is 14.4. The van der Waals surface area contributed by atoms with E-state index in [1.807, 2.05) is 65.2 Å². The maximum Gasteiger partial charge on any atom is 0.230 e. The zero-order valence-corrected chi connectivity index (χ0v) is 16.0. The number of nitrogens with zero attached hydrogens (tertiary/aromatic N) is 3. The van der Waals surface area contributed by atoms with Gasteiger partial charge in [0.1, 0.15) is 5.82 Å². The first-order chi connectivity index (χ1) is 13.2. The number of carbonyl (C=O) groups is 1. The van der Waals surface area contributed by atoms with Crippen molar-refractivity contribution in [2.75, 3.05) is 12.3 Å². The van der Waals surface area contributed by atoms with Gasteiger partial charge in [0, 0.05) is 34.5 Å². The molecule has 0 bridgehead atoms. The molecule has 4 aromatic rings. The summed E-state index contributed by atoms with van der Waals surface area (Å²) in [6, 6.07) is 17.6. The molecule has 7 heteroatoms. The number of benzene rings is 2. The van der Waals surface area contributed by atoms with Gasteiger partial charge in [0.25, 0.3) is 0 Å². The minimum atomic E-state index is -0.0159. The number of aromatic nitrogens is 3. The third kappa shape index (κ3) is 3.91. The quantitative estimate of drug-likeness (QED) is 0.501. The van der Waals surface area contributed by atoms with Crippen LogP contribution in [0.4, 0.5) is 0 Å². The summed E-state index contributed by atoms with van der Waals surface area (Å²) in [7, 11) is 0. The van der Waals surface area contributed by atoms with E-state index >= 15 is 0 Å². The predicted molar refractivity (Wildman–Crippen MR) is 109 cm³/mol. The summed E-state index contributed by atoms with van der Waals surface area (Å²) >= 11 is 7.83. The fourth-order valence-electron chi connectivity index (χ4n) is 2.95. The standard InChI is InChI=1S/C20H17ClN4OS/c21-15-7-3-5-14-6-4-8-16(20(14)15)27-13-19(26)22-11-10-18-24-23-17-9-1-2-12-25(17)18/h1-9,12H,10-11,13H2,(H,22,26). The van der Waals surface area contributed by atoms with Gasteiger partial charge in [-0.25, -0.2) is 0 Å². The number of carbonyl (C=O) groups excluding carboxylic acids is 1. The fourth-order valence-corrected chi connectivity index (χ4v) is 4.23. The number of fused-ring (bicyclic) bond motifs is 2. The highest BCUT2D eigenvalue weighted by atomic mass is 35.5. The normalized spacial score (nSPS) is 11.1. The Kier molecular flexibility index (Phi) is 5.27. The van der Waals surface area contributed by atoms with Crippen molar-refractivity contribution in [3.05, 3.63) is 71.6 Å². The molecule has 27 heavy (non-hydrogen) atoms. The van der Waals surface area contributed by atoms with Crippen LogP contribution >= 0.6 is 23.4 Å². The van der Waals surface area contributed by atoms with Gasteiger partial charge in [-0.1, -0.05) is 41.9 Å².